The highest BCUT2D eigenvalue weighted by Gasteiger charge is 2.19. The SMILES string of the molecule is C[C@H](OC(=O)c1ccc(C(=O)c2ccccc2)cc1)C(=O)Nc1cccc(Cl)c1. The Kier molecular flexibility index (Phi) is 6.42. The van der Waals surface area contributed by atoms with Crippen LogP contribution in [0.5, 0.6) is 0 Å². The van der Waals surface area contributed by atoms with Crippen molar-refractivity contribution in [1.29, 1.82) is 0 Å². The summed E-state index contributed by atoms with van der Waals surface area (Å²) < 4.78 is 5.22. The van der Waals surface area contributed by atoms with Gasteiger partial charge in [-0.05, 0) is 37.3 Å². The zero-order valence-corrected chi connectivity index (χ0v) is 16.3. The fourth-order valence-corrected chi connectivity index (χ4v) is 2.80. The van der Waals surface area contributed by atoms with Crippen molar-refractivity contribution >= 4 is 34.9 Å². The summed E-state index contributed by atoms with van der Waals surface area (Å²) >= 11 is 5.89. The van der Waals surface area contributed by atoms with E-state index in [0.717, 1.165) is 0 Å². The monoisotopic (exact) mass is 407 g/mol. The molecule has 5 nitrogen and oxygen atoms in total. The molecule has 6 heteroatoms. The number of hydrogen-bond donors (Lipinski definition) is 1. The van der Waals surface area contributed by atoms with Crippen LogP contribution in [-0.2, 0) is 9.53 Å². The number of ketones is 1. The van der Waals surface area contributed by atoms with E-state index in [2.05, 4.69) is 5.32 Å². The second-order valence-corrected chi connectivity index (χ2v) is 6.76. The lowest BCUT2D eigenvalue weighted by Crippen LogP contribution is -2.30. The molecule has 0 heterocycles. The van der Waals surface area contributed by atoms with Gasteiger partial charge in [-0.1, -0.05) is 60.1 Å². The smallest absolute Gasteiger partial charge is 0.338 e. The zero-order valence-electron chi connectivity index (χ0n) is 15.6. The van der Waals surface area contributed by atoms with Gasteiger partial charge in [0.25, 0.3) is 5.91 Å². The van der Waals surface area contributed by atoms with Crippen LogP contribution in [0, 0.1) is 0 Å². The summed E-state index contributed by atoms with van der Waals surface area (Å²) in [6.45, 7) is 1.48. The molecule has 0 unspecified atom stereocenters. The van der Waals surface area contributed by atoms with Crippen LogP contribution >= 0.6 is 11.6 Å². The van der Waals surface area contributed by atoms with Crippen LogP contribution in [0.1, 0.15) is 33.2 Å². The Morgan fingerprint density at radius 2 is 1.45 bits per heavy atom. The van der Waals surface area contributed by atoms with E-state index in [1.165, 1.54) is 19.1 Å². The summed E-state index contributed by atoms with van der Waals surface area (Å²) in [5.74, 6) is -1.27. The number of hydrogen-bond acceptors (Lipinski definition) is 4. The van der Waals surface area contributed by atoms with E-state index in [1.807, 2.05) is 6.07 Å². The third kappa shape index (κ3) is 5.30. The van der Waals surface area contributed by atoms with Crippen molar-refractivity contribution in [2.45, 2.75) is 13.0 Å². The molecule has 146 valence electrons. The van der Waals surface area contributed by atoms with Gasteiger partial charge in [-0.25, -0.2) is 4.79 Å². The molecule has 1 amide bonds. The normalized spacial score (nSPS) is 11.4. The zero-order chi connectivity index (χ0) is 20.8. The summed E-state index contributed by atoms with van der Waals surface area (Å²) in [6, 6.07) is 21.6. The Bertz CT molecular complexity index is 1030. The predicted molar refractivity (Wildman–Crippen MR) is 111 cm³/mol. The van der Waals surface area contributed by atoms with Gasteiger partial charge in [-0.2, -0.15) is 0 Å². The number of amides is 1. The van der Waals surface area contributed by atoms with E-state index in [1.54, 1.807) is 60.7 Å². The molecule has 0 aromatic heterocycles. The first-order valence-electron chi connectivity index (χ1n) is 8.91. The van der Waals surface area contributed by atoms with Gasteiger partial charge in [0, 0.05) is 21.8 Å². The van der Waals surface area contributed by atoms with Crippen LogP contribution in [0.4, 0.5) is 5.69 Å². The van der Waals surface area contributed by atoms with Crippen molar-refractivity contribution in [1.82, 2.24) is 0 Å². The van der Waals surface area contributed by atoms with E-state index in [4.69, 9.17) is 16.3 Å². The van der Waals surface area contributed by atoms with E-state index >= 15 is 0 Å². The van der Waals surface area contributed by atoms with Crippen molar-refractivity contribution in [3.63, 3.8) is 0 Å². The molecule has 0 aliphatic rings. The van der Waals surface area contributed by atoms with Crippen molar-refractivity contribution < 1.29 is 19.1 Å². The minimum absolute atomic E-state index is 0.139. The Balaban J connectivity index is 1.61. The fourth-order valence-electron chi connectivity index (χ4n) is 2.61. The molecule has 0 radical (unpaired) electrons. The molecule has 0 spiro atoms. The topological polar surface area (TPSA) is 72.5 Å². The number of halogens is 1. The van der Waals surface area contributed by atoms with Crippen molar-refractivity contribution in [2.24, 2.45) is 0 Å². The maximum Gasteiger partial charge on any atom is 0.338 e. The molecule has 3 aromatic rings. The molecule has 29 heavy (non-hydrogen) atoms. The first-order chi connectivity index (χ1) is 13.9. The molecule has 1 atom stereocenters. The van der Waals surface area contributed by atoms with E-state index < -0.39 is 18.0 Å². The third-order valence-corrected chi connectivity index (χ3v) is 4.40. The highest BCUT2D eigenvalue weighted by Crippen LogP contribution is 2.16. The number of ether oxygens (including phenoxy) is 1. The second-order valence-electron chi connectivity index (χ2n) is 6.32. The number of nitrogens with one attached hydrogen (secondary N) is 1. The van der Waals surface area contributed by atoms with Gasteiger partial charge in [0.15, 0.2) is 11.9 Å². The molecule has 3 aromatic carbocycles. The Labute approximate surface area is 173 Å². The molecule has 1 N–H and O–H groups in total. The average molecular weight is 408 g/mol. The highest BCUT2D eigenvalue weighted by molar-refractivity contribution is 6.30. The molecule has 0 fully saturated rings. The van der Waals surface area contributed by atoms with Gasteiger partial charge in [-0.3, -0.25) is 9.59 Å². The maximum absolute atomic E-state index is 12.4. The number of rotatable bonds is 6. The minimum atomic E-state index is -1.01. The lowest BCUT2D eigenvalue weighted by Gasteiger charge is -2.14. The van der Waals surface area contributed by atoms with E-state index in [0.29, 0.717) is 21.8 Å². The molecule has 0 aliphatic heterocycles. The molecule has 0 aliphatic carbocycles. The van der Waals surface area contributed by atoms with E-state index in [-0.39, 0.29) is 11.3 Å². The summed E-state index contributed by atoms with van der Waals surface area (Å²) in [7, 11) is 0. The lowest BCUT2D eigenvalue weighted by atomic mass is 10.0. The van der Waals surface area contributed by atoms with Crippen LogP contribution in [-0.4, -0.2) is 23.8 Å². The van der Waals surface area contributed by atoms with Crippen LogP contribution in [0.15, 0.2) is 78.9 Å². The van der Waals surface area contributed by atoms with Crippen LogP contribution in [0.25, 0.3) is 0 Å². The summed E-state index contributed by atoms with van der Waals surface area (Å²) in [5, 5.41) is 3.12. The molecule has 3 rings (SSSR count). The lowest BCUT2D eigenvalue weighted by molar-refractivity contribution is -0.123. The third-order valence-electron chi connectivity index (χ3n) is 4.16. The minimum Gasteiger partial charge on any atom is -0.449 e. The van der Waals surface area contributed by atoms with Gasteiger partial charge < -0.3 is 10.1 Å². The van der Waals surface area contributed by atoms with Crippen LogP contribution in [0.2, 0.25) is 5.02 Å². The Morgan fingerprint density at radius 1 is 0.828 bits per heavy atom. The Morgan fingerprint density at radius 3 is 2.10 bits per heavy atom. The first kappa shape index (κ1) is 20.3. The second kappa shape index (κ2) is 9.17. The van der Waals surface area contributed by atoms with Gasteiger partial charge in [0.05, 0.1) is 5.56 Å². The summed E-state index contributed by atoms with van der Waals surface area (Å²) in [5.41, 5.74) is 1.78. The van der Waals surface area contributed by atoms with Crippen molar-refractivity contribution in [3.05, 3.63) is 101 Å². The first-order valence-corrected chi connectivity index (χ1v) is 9.29. The number of anilines is 1. The van der Waals surface area contributed by atoms with Gasteiger partial charge >= 0.3 is 5.97 Å². The van der Waals surface area contributed by atoms with Crippen LogP contribution < -0.4 is 5.32 Å². The number of carbonyl (C=O) groups excluding carboxylic acids is 3. The van der Waals surface area contributed by atoms with Gasteiger partial charge in [0.2, 0.25) is 0 Å². The largest absolute Gasteiger partial charge is 0.449 e. The van der Waals surface area contributed by atoms with Crippen LogP contribution in [0.3, 0.4) is 0 Å². The molecule has 0 saturated heterocycles. The molecule has 0 bridgehead atoms. The Hall–Kier alpha value is -3.44. The van der Waals surface area contributed by atoms with E-state index in [9.17, 15) is 14.4 Å². The predicted octanol–water partition coefficient (Wildman–Crippen LogP) is 4.76. The summed E-state index contributed by atoms with van der Waals surface area (Å²) in [6.07, 6.45) is -1.01. The quantitative estimate of drug-likeness (QED) is 0.472. The molecular weight excluding hydrogens is 390 g/mol. The average Bonchev–Trinajstić information content (AvgIpc) is 2.74. The fraction of sp³-hybridized carbons (Fsp3) is 0.0870. The summed E-state index contributed by atoms with van der Waals surface area (Å²) in [4.78, 5) is 36.9. The van der Waals surface area contributed by atoms with Crippen molar-refractivity contribution in [3.8, 4) is 0 Å². The maximum atomic E-state index is 12.4. The highest BCUT2D eigenvalue weighted by atomic mass is 35.5. The van der Waals surface area contributed by atoms with Gasteiger partial charge in [-0.15, -0.1) is 0 Å². The molecule has 0 saturated carbocycles. The van der Waals surface area contributed by atoms with Gasteiger partial charge in [0.1, 0.15) is 0 Å². The molecular formula is C23H18ClNO4. The number of esters is 1. The number of benzene rings is 3. The standard InChI is InChI=1S/C23H18ClNO4/c1-15(22(27)25-20-9-5-8-19(24)14-20)29-23(28)18-12-10-17(11-13-18)21(26)16-6-3-2-4-7-16/h2-15H,1H3,(H,25,27)/t15-/m0/s1. The number of carbonyl (C=O) groups is 3. The van der Waals surface area contributed by atoms with Crippen molar-refractivity contribution in [2.75, 3.05) is 5.32 Å².